The Hall–Kier alpha value is -3.10. The zero-order chi connectivity index (χ0) is 22.8. The average molecular weight is 465 g/mol. The van der Waals surface area contributed by atoms with E-state index in [9.17, 15) is 14.0 Å². The van der Waals surface area contributed by atoms with Crippen molar-refractivity contribution in [3.05, 3.63) is 71.0 Å². The predicted octanol–water partition coefficient (Wildman–Crippen LogP) is 4.03. The molecule has 0 aliphatic carbocycles. The molecule has 1 aromatic heterocycles. The van der Waals surface area contributed by atoms with Gasteiger partial charge in [-0.3, -0.25) is 14.5 Å². The third-order valence-electron chi connectivity index (χ3n) is 6.19. The van der Waals surface area contributed by atoms with Crippen LogP contribution in [0.25, 0.3) is 10.6 Å². The Labute approximate surface area is 196 Å². The van der Waals surface area contributed by atoms with Crippen molar-refractivity contribution >= 4 is 28.8 Å². The van der Waals surface area contributed by atoms with Gasteiger partial charge in [0.15, 0.2) is 0 Å². The van der Waals surface area contributed by atoms with Crippen molar-refractivity contribution in [3.8, 4) is 10.6 Å². The minimum atomic E-state index is -0.249. The van der Waals surface area contributed by atoms with E-state index in [0.29, 0.717) is 25.1 Å². The Kier molecular flexibility index (Phi) is 6.20. The number of carbonyl (C=O) groups excluding carboxylic acids is 2. The first-order valence-electron chi connectivity index (χ1n) is 11.2. The molecule has 33 heavy (non-hydrogen) atoms. The number of carbonyl (C=O) groups is 2. The van der Waals surface area contributed by atoms with Crippen molar-refractivity contribution in [2.45, 2.75) is 19.4 Å². The Bertz CT molecular complexity index is 1140. The smallest absolute Gasteiger partial charge is 0.253 e. The number of amides is 2. The Morgan fingerprint density at radius 1 is 0.970 bits per heavy atom. The maximum absolute atomic E-state index is 13.1. The number of benzene rings is 2. The second-order valence-electron chi connectivity index (χ2n) is 8.42. The molecule has 2 aliphatic rings. The summed E-state index contributed by atoms with van der Waals surface area (Å²) >= 11 is 1.56. The minimum Gasteiger partial charge on any atom is -0.336 e. The van der Waals surface area contributed by atoms with E-state index < -0.39 is 0 Å². The summed E-state index contributed by atoms with van der Waals surface area (Å²) in [5, 5.41) is 2.93. The first kappa shape index (κ1) is 21.7. The molecule has 0 bridgehead atoms. The number of aromatic nitrogens is 1. The number of thiazole rings is 1. The van der Waals surface area contributed by atoms with Gasteiger partial charge in [-0.15, -0.1) is 11.3 Å². The lowest BCUT2D eigenvalue weighted by atomic mass is 10.1. The van der Waals surface area contributed by atoms with Crippen LogP contribution in [0.15, 0.2) is 53.9 Å². The van der Waals surface area contributed by atoms with E-state index >= 15 is 0 Å². The summed E-state index contributed by atoms with van der Waals surface area (Å²) in [6, 6.07) is 13.8. The standard InChI is InChI=1S/C25H25FN4O2S/c26-20-7-3-18(4-8-20)24-27-21(17-33-24)16-28-12-14-29(15-13-28)25(32)19-5-9-22(10-6-19)30-11-1-2-23(30)31/h3-10,17H,1-2,11-16H2. The van der Waals surface area contributed by atoms with Gasteiger partial charge in [0.1, 0.15) is 10.8 Å². The zero-order valence-electron chi connectivity index (χ0n) is 18.2. The van der Waals surface area contributed by atoms with Crippen LogP contribution in [0.4, 0.5) is 10.1 Å². The lowest BCUT2D eigenvalue weighted by Gasteiger charge is -2.34. The highest BCUT2D eigenvalue weighted by Crippen LogP contribution is 2.25. The van der Waals surface area contributed by atoms with Crippen LogP contribution in [-0.4, -0.2) is 59.3 Å². The van der Waals surface area contributed by atoms with Gasteiger partial charge in [-0.25, -0.2) is 9.37 Å². The van der Waals surface area contributed by atoms with Crippen molar-refractivity contribution in [2.24, 2.45) is 0 Å². The molecule has 2 aromatic carbocycles. The molecule has 0 unspecified atom stereocenters. The molecule has 0 spiro atoms. The third-order valence-corrected chi connectivity index (χ3v) is 7.13. The predicted molar refractivity (Wildman–Crippen MR) is 127 cm³/mol. The SMILES string of the molecule is O=C(c1ccc(N2CCCC2=O)cc1)N1CCN(Cc2csc(-c3ccc(F)cc3)n2)CC1. The molecule has 6 nitrogen and oxygen atoms in total. The van der Waals surface area contributed by atoms with Gasteiger partial charge in [0.05, 0.1) is 5.69 Å². The third kappa shape index (κ3) is 4.82. The molecule has 2 saturated heterocycles. The van der Waals surface area contributed by atoms with Crippen molar-refractivity contribution in [1.82, 2.24) is 14.8 Å². The van der Waals surface area contributed by atoms with Gasteiger partial charge in [0, 0.05) is 67.9 Å². The molecule has 2 fully saturated rings. The maximum Gasteiger partial charge on any atom is 0.253 e. The van der Waals surface area contributed by atoms with E-state index in [2.05, 4.69) is 4.90 Å². The molecule has 2 amide bonds. The Morgan fingerprint density at radius 3 is 2.36 bits per heavy atom. The number of anilines is 1. The van der Waals surface area contributed by atoms with Crippen molar-refractivity contribution in [2.75, 3.05) is 37.6 Å². The molecule has 0 saturated carbocycles. The number of rotatable bonds is 5. The Morgan fingerprint density at radius 2 is 1.70 bits per heavy atom. The van der Waals surface area contributed by atoms with Crippen molar-refractivity contribution < 1.29 is 14.0 Å². The molecule has 0 atom stereocenters. The summed E-state index contributed by atoms with van der Waals surface area (Å²) in [7, 11) is 0. The van der Waals surface area contributed by atoms with Gasteiger partial charge in [-0.1, -0.05) is 0 Å². The van der Waals surface area contributed by atoms with Gasteiger partial charge in [-0.2, -0.15) is 0 Å². The fourth-order valence-corrected chi connectivity index (χ4v) is 5.15. The molecule has 0 N–H and O–H groups in total. The second-order valence-corrected chi connectivity index (χ2v) is 9.27. The number of nitrogens with zero attached hydrogens (tertiary/aromatic N) is 4. The van der Waals surface area contributed by atoms with E-state index in [-0.39, 0.29) is 17.6 Å². The highest BCUT2D eigenvalue weighted by Gasteiger charge is 2.24. The van der Waals surface area contributed by atoms with E-state index in [1.54, 1.807) is 28.4 Å². The summed E-state index contributed by atoms with van der Waals surface area (Å²) in [6.45, 7) is 4.39. The van der Waals surface area contributed by atoms with Crippen LogP contribution >= 0.6 is 11.3 Å². The van der Waals surface area contributed by atoms with E-state index in [0.717, 1.165) is 54.6 Å². The molecule has 5 rings (SSSR count). The van der Waals surface area contributed by atoms with Crippen LogP contribution in [0.1, 0.15) is 28.9 Å². The molecule has 8 heteroatoms. The molecule has 0 radical (unpaired) electrons. The van der Waals surface area contributed by atoms with Crippen molar-refractivity contribution in [3.63, 3.8) is 0 Å². The van der Waals surface area contributed by atoms with Gasteiger partial charge in [0.2, 0.25) is 5.91 Å². The monoisotopic (exact) mass is 464 g/mol. The Balaban J connectivity index is 1.14. The van der Waals surface area contributed by atoms with E-state index in [4.69, 9.17) is 4.98 Å². The van der Waals surface area contributed by atoms with E-state index in [1.807, 2.05) is 34.5 Å². The topological polar surface area (TPSA) is 56.8 Å². The van der Waals surface area contributed by atoms with Crippen LogP contribution < -0.4 is 4.90 Å². The molecular formula is C25H25FN4O2S. The molecular weight excluding hydrogens is 439 g/mol. The fourth-order valence-electron chi connectivity index (χ4n) is 4.33. The summed E-state index contributed by atoms with van der Waals surface area (Å²) in [6.07, 6.45) is 1.48. The summed E-state index contributed by atoms with van der Waals surface area (Å²) < 4.78 is 13.1. The van der Waals surface area contributed by atoms with Crippen LogP contribution in [0.2, 0.25) is 0 Å². The minimum absolute atomic E-state index is 0.0289. The first-order valence-corrected chi connectivity index (χ1v) is 12.1. The largest absolute Gasteiger partial charge is 0.336 e. The molecule has 2 aliphatic heterocycles. The highest BCUT2D eigenvalue weighted by atomic mass is 32.1. The van der Waals surface area contributed by atoms with Crippen LogP contribution in [-0.2, 0) is 11.3 Å². The quantitative estimate of drug-likeness (QED) is 0.572. The van der Waals surface area contributed by atoms with Crippen LogP contribution in [0.5, 0.6) is 0 Å². The zero-order valence-corrected chi connectivity index (χ0v) is 19.1. The van der Waals surface area contributed by atoms with Gasteiger partial charge in [0.25, 0.3) is 5.91 Å². The number of hydrogen-bond donors (Lipinski definition) is 0. The highest BCUT2D eigenvalue weighted by molar-refractivity contribution is 7.13. The number of halogens is 1. The fraction of sp³-hybridized carbons (Fsp3) is 0.320. The first-order chi connectivity index (χ1) is 16.1. The van der Waals surface area contributed by atoms with Crippen molar-refractivity contribution in [1.29, 1.82) is 0 Å². The van der Waals surface area contributed by atoms with Crippen LogP contribution in [0, 0.1) is 5.82 Å². The molecule has 3 heterocycles. The van der Waals surface area contributed by atoms with Gasteiger partial charge in [-0.05, 0) is 55.0 Å². The summed E-state index contributed by atoms with van der Waals surface area (Å²) in [5.41, 5.74) is 3.43. The number of piperazine rings is 1. The lowest BCUT2D eigenvalue weighted by Crippen LogP contribution is -2.48. The summed E-state index contributed by atoms with van der Waals surface area (Å²) in [5.74, 6) is -0.0723. The summed E-state index contributed by atoms with van der Waals surface area (Å²) in [4.78, 5) is 35.5. The molecule has 3 aromatic rings. The lowest BCUT2D eigenvalue weighted by molar-refractivity contribution is -0.117. The molecule has 170 valence electrons. The van der Waals surface area contributed by atoms with E-state index in [1.165, 1.54) is 12.1 Å². The average Bonchev–Trinajstić information content (AvgIpc) is 3.49. The second kappa shape index (κ2) is 9.41. The van der Waals surface area contributed by atoms with Gasteiger partial charge >= 0.3 is 0 Å². The van der Waals surface area contributed by atoms with Gasteiger partial charge < -0.3 is 9.80 Å². The van der Waals surface area contributed by atoms with Crippen LogP contribution in [0.3, 0.4) is 0 Å². The maximum atomic E-state index is 13.1. The number of hydrogen-bond acceptors (Lipinski definition) is 5. The normalized spacial score (nSPS) is 17.1.